The Morgan fingerprint density at radius 2 is 1.75 bits per heavy atom. The van der Waals surface area contributed by atoms with Crippen molar-refractivity contribution in [2.75, 3.05) is 31.5 Å². The fourth-order valence-corrected chi connectivity index (χ4v) is 5.95. The van der Waals surface area contributed by atoms with E-state index < -0.39 is 22.0 Å². The van der Waals surface area contributed by atoms with E-state index in [1.807, 2.05) is 38.1 Å². The highest BCUT2D eigenvalue weighted by Gasteiger charge is 2.29. The summed E-state index contributed by atoms with van der Waals surface area (Å²) in [5.74, 6) is 0.650. The third-order valence-corrected chi connectivity index (χ3v) is 8.77. The van der Waals surface area contributed by atoms with E-state index in [-0.39, 0.29) is 15.8 Å². The molecule has 0 aliphatic carbocycles. The summed E-state index contributed by atoms with van der Waals surface area (Å²) >= 11 is 12.0. The van der Waals surface area contributed by atoms with Crippen molar-refractivity contribution in [3.63, 3.8) is 0 Å². The van der Waals surface area contributed by atoms with Gasteiger partial charge in [0, 0.05) is 31.6 Å². The molecule has 1 aromatic heterocycles. The standard InChI is InChI=1S/C24H28Cl2N6O3S/c1-15(2)22(23(27)33)30-24-17-5-3-4-6-20(17)28-21(29-24)14-31-9-11-32(12-10-31)36(34,35)16-7-8-18(25)19(26)13-16/h3-8,13,15,22H,9-12,14H2,1-2H3,(H2,27,33)(H,28,29,30)/t22-/m0/s1. The van der Waals surface area contributed by atoms with Gasteiger partial charge in [0.05, 0.1) is 27.0 Å². The molecule has 36 heavy (non-hydrogen) atoms. The molecule has 0 spiro atoms. The Kier molecular flexibility index (Phi) is 8.01. The van der Waals surface area contributed by atoms with Gasteiger partial charge in [0.15, 0.2) is 0 Å². The zero-order valence-corrected chi connectivity index (χ0v) is 22.3. The lowest BCUT2D eigenvalue weighted by Gasteiger charge is -2.33. The maximum Gasteiger partial charge on any atom is 0.243 e. The van der Waals surface area contributed by atoms with E-state index in [0.717, 1.165) is 10.9 Å². The van der Waals surface area contributed by atoms with Gasteiger partial charge in [0.2, 0.25) is 15.9 Å². The number of amides is 1. The zero-order chi connectivity index (χ0) is 26.0. The highest BCUT2D eigenvalue weighted by Crippen LogP contribution is 2.27. The number of nitrogens with one attached hydrogen (secondary N) is 1. The van der Waals surface area contributed by atoms with E-state index in [0.29, 0.717) is 49.4 Å². The molecule has 1 aliphatic heterocycles. The molecule has 3 aromatic rings. The van der Waals surface area contributed by atoms with Gasteiger partial charge in [-0.3, -0.25) is 9.69 Å². The Labute approximate surface area is 220 Å². The van der Waals surface area contributed by atoms with Crippen LogP contribution >= 0.6 is 23.2 Å². The van der Waals surface area contributed by atoms with E-state index >= 15 is 0 Å². The summed E-state index contributed by atoms with van der Waals surface area (Å²) in [4.78, 5) is 23.6. The molecule has 3 N–H and O–H groups in total. The first-order valence-electron chi connectivity index (χ1n) is 11.6. The Bertz CT molecular complexity index is 1380. The molecule has 2 aromatic carbocycles. The Morgan fingerprint density at radius 3 is 2.39 bits per heavy atom. The number of halogens is 2. The molecule has 0 bridgehead atoms. The Balaban J connectivity index is 1.50. The number of benzene rings is 2. The van der Waals surface area contributed by atoms with Crippen molar-refractivity contribution >= 4 is 55.9 Å². The molecule has 1 amide bonds. The van der Waals surface area contributed by atoms with E-state index in [4.69, 9.17) is 38.9 Å². The smallest absolute Gasteiger partial charge is 0.243 e. The molecule has 9 nitrogen and oxygen atoms in total. The second-order valence-electron chi connectivity index (χ2n) is 9.03. The van der Waals surface area contributed by atoms with Crippen LogP contribution in [0, 0.1) is 5.92 Å². The molecule has 1 saturated heterocycles. The van der Waals surface area contributed by atoms with Crippen molar-refractivity contribution in [2.24, 2.45) is 11.7 Å². The van der Waals surface area contributed by atoms with E-state index in [1.165, 1.54) is 22.5 Å². The molecule has 12 heteroatoms. The summed E-state index contributed by atoms with van der Waals surface area (Å²) in [6.45, 7) is 5.92. The number of carbonyl (C=O) groups is 1. The second-order valence-corrected chi connectivity index (χ2v) is 11.8. The minimum Gasteiger partial charge on any atom is -0.368 e. The highest BCUT2D eigenvalue weighted by atomic mass is 35.5. The van der Waals surface area contributed by atoms with E-state index in [1.54, 1.807) is 0 Å². The average molecular weight is 552 g/mol. The molecular weight excluding hydrogens is 523 g/mol. The minimum absolute atomic E-state index is 0.0229. The van der Waals surface area contributed by atoms with E-state index in [9.17, 15) is 13.2 Å². The quantitative estimate of drug-likeness (QED) is 0.440. The molecule has 0 radical (unpaired) electrons. The van der Waals surface area contributed by atoms with Crippen LogP contribution in [0.4, 0.5) is 5.82 Å². The predicted molar refractivity (Wildman–Crippen MR) is 141 cm³/mol. The summed E-state index contributed by atoms with van der Waals surface area (Å²) in [7, 11) is -3.68. The molecule has 4 rings (SSSR count). The van der Waals surface area contributed by atoms with Gasteiger partial charge in [-0.05, 0) is 36.2 Å². The fraction of sp³-hybridized carbons (Fsp3) is 0.375. The first-order chi connectivity index (χ1) is 17.1. The van der Waals surface area contributed by atoms with Crippen molar-refractivity contribution in [3.05, 3.63) is 58.3 Å². The van der Waals surface area contributed by atoms with Crippen LogP contribution in [-0.2, 0) is 21.4 Å². The number of hydrogen-bond donors (Lipinski definition) is 2. The number of sulfonamides is 1. The van der Waals surface area contributed by atoms with Crippen LogP contribution in [0.25, 0.3) is 10.9 Å². The average Bonchev–Trinajstić information content (AvgIpc) is 2.84. The van der Waals surface area contributed by atoms with Crippen LogP contribution < -0.4 is 11.1 Å². The van der Waals surface area contributed by atoms with Crippen LogP contribution in [-0.4, -0.2) is 65.7 Å². The number of primary amides is 1. The van der Waals surface area contributed by atoms with Gasteiger partial charge in [-0.15, -0.1) is 0 Å². The number of piperazine rings is 1. The summed E-state index contributed by atoms with van der Waals surface area (Å²) in [6.07, 6.45) is 0. The number of carbonyl (C=O) groups excluding carboxylic acids is 1. The Hall–Kier alpha value is -2.50. The third kappa shape index (κ3) is 5.73. The van der Waals surface area contributed by atoms with Gasteiger partial charge in [-0.25, -0.2) is 18.4 Å². The monoisotopic (exact) mass is 550 g/mol. The highest BCUT2D eigenvalue weighted by molar-refractivity contribution is 7.89. The number of nitrogens with zero attached hydrogens (tertiary/aromatic N) is 4. The molecule has 0 saturated carbocycles. The van der Waals surface area contributed by atoms with Crippen LogP contribution in [0.1, 0.15) is 19.7 Å². The van der Waals surface area contributed by atoms with Crippen LogP contribution in [0.15, 0.2) is 47.4 Å². The topological polar surface area (TPSA) is 122 Å². The van der Waals surface area contributed by atoms with Crippen molar-refractivity contribution in [1.29, 1.82) is 0 Å². The van der Waals surface area contributed by atoms with Crippen LogP contribution in [0.2, 0.25) is 10.0 Å². The van der Waals surface area contributed by atoms with Crippen molar-refractivity contribution in [2.45, 2.75) is 31.3 Å². The molecule has 1 atom stereocenters. The summed E-state index contributed by atoms with van der Waals surface area (Å²) < 4.78 is 27.6. The van der Waals surface area contributed by atoms with E-state index in [2.05, 4.69) is 10.2 Å². The molecule has 0 unspecified atom stereocenters. The summed E-state index contributed by atoms with van der Waals surface area (Å²) in [5, 5.41) is 4.50. The zero-order valence-electron chi connectivity index (χ0n) is 20.0. The molecular formula is C24H28Cl2N6O3S. The van der Waals surface area contributed by atoms with Gasteiger partial charge in [0.1, 0.15) is 17.7 Å². The molecule has 1 aliphatic rings. The van der Waals surface area contributed by atoms with Gasteiger partial charge in [0.25, 0.3) is 0 Å². The van der Waals surface area contributed by atoms with Crippen molar-refractivity contribution in [1.82, 2.24) is 19.2 Å². The fourth-order valence-electron chi connectivity index (χ4n) is 4.13. The minimum atomic E-state index is -3.68. The lowest BCUT2D eigenvalue weighted by Crippen LogP contribution is -2.48. The van der Waals surface area contributed by atoms with Crippen molar-refractivity contribution in [3.8, 4) is 0 Å². The lowest BCUT2D eigenvalue weighted by molar-refractivity contribution is -0.119. The number of fused-ring (bicyclic) bond motifs is 1. The largest absolute Gasteiger partial charge is 0.368 e. The normalized spacial score (nSPS) is 16.4. The molecule has 1 fully saturated rings. The SMILES string of the molecule is CC(C)[C@H](Nc1nc(CN2CCN(S(=O)(=O)c3ccc(Cl)c(Cl)c3)CC2)nc2ccccc12)C(N)=O. The second kappa shape index (κ2) is 10.9. The number of aromatic nitrogens is 2. The summed E-state index contributed by atoms with van der Waals surface area (Å²) in [5.41, 5.74) is 6.35. The molecule has 192 valence electrons. The first kappa shape index (κ1) is 26.6. The van der Waals surface area contributed by atoms with Gasteiger partial charge in [-0.2, -0.15) is 4.31 Å². The maximum atomic E-state index is 13.1. The predicted octanol–water partition coefficient (Wildman–Crippen LogP) is 3.36. The van der Waals surface area contributed by atoms with Gasteiger partial charge >= 0.3 is 0 Å². The maximum absolute atomic E-state index is 13.1. The number of hydrogen-bond acceptors (Lipinski definition) is 7. The van der Waals surface area contributed by atoms with Gasteiger partial charge in [-0.1, -0.05) is 49.2 Å². The third-order valence-electron chi connectivity index (χ3n) is 6.14. The number of rotatable bonds is 8. The molecule has 2 heterocycles. The number of para-hydroxylation sites is 1. The van der Waals surface area contributed by atoms with Gasteiger partial charge < -0.3 is 11.1 Å². The van der Waals surface area contributed by atoms with Crippen LogP contribution in [0.3, 0.4) is 0 Å². The lowest BCUT2D eigenvalue weighted by atomic mass is 10.0. The summed E-state index contributed by atoms with van der Waals surface area (Å²) in [6, 6.07) is 11.3. The number of nitrogens with two attached hydrogens (primary N) is 1. The first-order valence-corrected chi connectivity index (χ1v) is 13.7. The van der Waals surface area contributed by atoms with Crippen molar-refractivity contribution < 1.29 is 13.2 Å². The van der Waals surface area contributed by atoms with Crippen LogP contribution in [0.5, 0.6) is 0 Å². The number of anilines is 1. The Morgan fingerprint density at radius 1 is 1.06 bits per heavy atom.